The molecule has 0 saturated heterocycles. The van der Waals surface area contributed by atoms with Crippen molar-refractivity contribution in [1.29, 1.82) is 0 Å². The second kappa shape index (κ2) is 4.00. The number of halogens is 4. The first-order chi connectivity index (χ1) is 5.52. The van der Waals surface area contributed by atoms with Gasteiger partial charge in [-0.1, -0.05) is 15.9 Å². The van der Waals surface area contributed by atoms with Crippen LogP contribution >= 0.6 is 38.5 Å². The summed E-state index contributed by atoms with van der Waals surface area (Å²) in [5, 5.41) is 0. The molecule has 0 fully saturated rings. The molecule has 0 unspecified atom stereocenters. The van der Waals surface area contributed by atoms with Crippen molar-refractivity contribution in [2.24, 2.45) is 0 Å². The van der Waals surface area contributed by atoms with Gasteiger partial charge in [-0.25, -0.2) is 8.78 Å². The van der Waals surface area contributed by atoms with Crippen molar-refractivity contribution in [3.63, 3.8) is 0 Å². The van der Waals surface area contributed by atoms with Gasteiger partial charge in [0.2, 0.25) is 0 Å². The van der Waals surface area contributed by atoms with Crippen LogP contribution in [0.3, 0.4) is 0 Å². The molecule has 0 radical (unpaired) electrons. The first-order valence-electron chi connectivity index (χ1n) is 3.26. The predicted octanol–water partition coefficient (Wildman–Crippen LogP) is 4.30. The number of hydrogen-bond donors (Lipinski definition) is 0. The minimum atomic E-state index is -2.39. The van der Waals surface area contributed by atoms with E-state index >= 15 is 0 Å². The molecule has 0 saturated carbocycles. The number of benzene rings is 1. The molecule has 0 aliphatic carbocycles. The van der Waals surface area contributed by atoms with Gasteiger partial charge in [-0.2, -0.15) is 0 Å². The Labute approximate surface area is 91.6 Å². The van der Waals surface area contributed by atoms with Gasteiger partial charge in [0.25, 0.3) is 6.43 Å². The molecule has 0 bridgehead atoms. The number of alkyl halides is 2. The summed E-state index contributed by atoms with van der Waals surface area (Å²) in [5.41, 5.74) is 0.766. The maximum atomic E-state index is 12.4. The van der Waals surface area contributed by atoms with E-state index in [1.165, 1.54) is 6.07 Å². The van der Waals surface area contributed by atoms with Crippen LogP contribution in [0.4, 0.5) is 8.78 Å². The second-order valence-corrected chi connectivity index (χ2v) is 4.48. The molecule has 0 nitrogen and oxygen atoms in total. The molecule has 0 atom stereocenters. The van der Waals surface area contributed by atoms with Gasteiger partial charge in [0.05, 0.1) is 0 Å². The van der Waals surface area contributed by atoms with Crippen LogP contribution in [0.25, 0.3) is 0 Å². The van der Waals surface area contributed by atoms with Crippen LogP contribution in [0.15, 0.2) is 16.6 Å². The van der Waals surface area contributed by atoms with Crippen molar-refractivity contribution in [3.05, 3.63) is 31.3 Å². The summed E-state index contributed by atoms with van der Waals surface area (Å²) in [6.07, 6.45) is -2.39. The molecule has 0 spiro atoms. The lowest BCUT2D eigenvalue weighted by atomic mass is 10.1. The van der Waals surface area contributed by atoms with Gasteiger partial charge < -0.3 is 0 Å². The third kappa shape index (κ3) is 2.16. The molecule has 1 rings (SSSR count). The molecule has 0 aromatic heterocycles. The van der Waals surface area contributed by atoms with Crippen LogP contribution in [0.5, 0.6) is 0 Å². The normalized spacial score (nSPS) is 10.8. The van der Waals surface area contributed by atoms with E-state index in [-0.39, 0.29) is 5.56 Å². The van der Waals surface area contributed by atoms with E-state index in [1.807, 2.05) is 28.7 Å². The average Bonchev–Trinajstić information content (AvgIpc) is 1.96. The highest BCUT2D eigenvalue weighted by Crippen LogP contribution is 2.29. The summed E-state index contributed by atoms with van der Waals surface area (Å²) in [4.78, 5) is 0. The highest BCUT2D eigenvalue weighted by Gasteiger charge is 2.12. The van der Waals surface area contributed by atoms with E-state index in [2.05, 4.69) is 15.9 Å². The van der Waals surface area contributed by atoms with E-state index in [0.717, 1.165) is 3.57 Å². The van der Waals surface area contributed by atoms with Crippen LogP contribution in [0.1, 0.15) is 17.6 Å². The molecule has 4 heteroatoms. The van der Waals surface area contributed by atoms with E-state index in [0.29, 0.717) is 10.0 Å². The van der Waals surface area contributed by atoms with E-state index in [1.54, 1.807) is 6.92 Å². The lowest BCUT2D eigenvalue weighted by Gasteiger charge is -2.07. The maximum absolute atomic E-state index is 12.4. The molecule has 1 aromatic rings. The third-order valence-corrected chi connectivity index (χ3v) is 3.16. The lowest BCUT2D eigenvalue weighted by molar-refractivity contribution is 0.150. The smallest absolute Gasteiger partial charge is 0.205 e. The minimum Gasteiger partial charge on any atom is -0.205 e. The van der Waals surface area contributed by atoms with Gasteiger partial charge in [-0.15, -0.1) is 0 Å². The van der Waals surface area contributed by atoms with Gasteiger partial charge >= 0.3 is 0 Å². The van der Waals surface area contributed by atoms with Crippen molar-refractivity contribution in [3.8, 4) is 0 Å². The molecule has 0 aliphatic rings. The highest BCUT2D eigenvalue weighted by molar-refractivity contribution is 14.1. The molecule has 1 aromatic carbocycles. The standard InChI is InChI=1S/C8H6BrF2I/c1-4-6(8(10)11)2-5(9)3-7(4)12/h2-3,8H,1H3. The summed E-state index contributed by atoms with van der Waals surface area (Å²) < 4.78 is 26.3. The van der Waals surface area contributed by atoms with Gasteiger partial charge in [0.1, 0.15) is 0 Å². The molecule has 0 amide bonds. The summed E-state index contributed by atoms with van der Waals surface area (Å²) in [6, 6.07) is 3.28. The van der Waals surface area contributed by atoms with Crippen LogP contribution in [-0.2, 0) is 0 Å². The zero-order valence-corrected chi connectivity index (χ0v) is 9.99. The Bertz CT molecular complexity index is 299. The Hall–Kier alpha value is 0.290. The van der Waals surface area contributed by atoms with Gasteiger partial charge in [-0.3, -0.25) is 0 Å². The summed E-state index contributed by atoms with van der Waals surface area (Å²) in [7, 11) is 0. The molecule has 12 heavy (non-hydrogen) atoms. The fraction of sp³-hybridized carbons (Fsp3) is 0.250. The molecule has 0 aliphatic heterocycles. The van der Waals surface area contributed by atoms with E-state index in [4.69, 9.17) is 0 Å². The SMILES string of the molecule is Cc1c(I)cc(Br)cc1C(F)F. The van der Waals surface area contributed by atoms with Gasteiger partial charge in [-0.05, 0) is 47.2 Å². The monoisotopic (exact) mass is 346 g/mol. The fourth-order valence-electron chi connectivity index (χ4n) is 0.892. The molecule has 0 heterocycles. The first-order valence-corrected chi connectivity index (χ1v) is 5.13. The van der Waals surface area contributed by atoms with E-state index in [9.17, 15) is 8.78 Å². The minimum absolute atomic E-state index is 0.105. The van der Waals surface area contributed by atoms with Crippen molar-refractivity contribution >= 4 is 38.5 Å². The van der Waals surface area contributed by atoms with Crippen molar-refractivity contribution in [1.82, 2.24) is 0 Å². The van der Waals surface area contributed by atoms with Crippen LogP contribution in [-0.4, -0.2) is 0 Å². The van der Waals surface area contributed by atoms with Gasteiger partial charge in [0.15, 0.2) is 0 Å². The zero-order chi connectivity index (χ0) is 9.30. The molecule has 0 N–H and O–H groups in total. The molecular weight excluding hydrogens is 341 g/mol. The number of rotatable bonds is 1. The lowest BCUT2D eigenvalue weighted by Crippen LogP contribution is -1.92. The van der Waals surface area contributed by atoms with Crippen LogP contribution in [0, 0.1) is 10.5 Å². The Morgan fingerprint density at radius 2 is 2.00 bits per heavy atom. The van der Waals surface area contributed by atoms with Crippen LogP contribution in [0.2, 0.25) is 0 Å². The zero-order valence-electron chi connectivity index (χ0n) is 6.24. The molecular formula is C8H6BrF2I. The topological polar surface area (TPSA) is 0 Å². The van der Waals surface area contributed by atoms with Crippen molar-refractivity contribution in [2.75, 3.05) is 0 Å². The molecule has 66 valence electrons. The quantitative estimate of drug-likeness (QED) is 0.665. The number of hydrogen-bond acceptors (Lipinski definition) is 0. The van der Waals surface area contributed by atoms with Gasteiger partial charge in [0, 0.05) is 13.6 Å². The van der Waals surface area contributed by atoms with Crippen molar-refractivity contribution in [2.45, 2.75) is 13.3 Å². The summed E-state index contributed by atoms with van der Waals surface area (Å²) >= 11 is 5.22. The maximum Gasteiger partial charge on any atom is 0.264 e. The Kier molecular flexibility index (Phi) is 3.46. The van der Waals surface area contributed by atoms with E-state index < -0.39 is 6.43 Å². The largest absolute Gasteiger partial charge is 0.264 e. The predicted molar refractivity (Wildman–Crippen MR) is 56.6 cm³/mol. The Balaban J connectivity index is 3.28. The second-order valence-electron chi connectivity index (χ2n) is 2.40. The highest BCUT2D eigenvalue weighted by atomic mass is 127. The average molecular weight is 347 g/mol. The fourth-order valence-corrected chi connectivity index (χ4v) is 2.44. The third-order valence-electron chi connectivity index (χ3n) is 1.58. The summed E-state index contributed by atoms with van der Waals surface area (Å²) in [5.74, 6) is 0. The Morgan fingerprint density at radius 1 is 1.42 bits per heavy atom. The summed E-state index contributed by atoms with van der Waals surface area (Å²) in [6.45, 7) is 1.70. The first kappa shape index (κ1) is 10.4. The van der Waals surface area contributed by atoms with Crippen molar-refractivity contribution < 1.29 is 8.78 Å². The van der Waals surface area contributed by atoms with Crippen LogP contribution < -0.4 is 0 Å². The Morgan fingerprint density at radius 3 is 2.50 bits per heavy atom.